The van der Waals surface area contributed by atoms with Crippen molar-refractivity contribution in [1.82, 2.24) is 15.3 Å². The number of hydrogen-bond acceptors (Lipinski definition) is 4. The topological polar surface area (TPSA) is 47.0 Å². The zero-order valence-electron chi connectivity index (χ0n) is 10.3. The highest BCUT2D eigenvalue weighted by molar-refractivity contribution is 5.58. The van der Waals surface area contributed by atoms with Crippen LogP contribution in [-0.4, -0.2) is 29.7 Å². The van der Waals surface area contributed by atoms with Crippen LogP contribution < -0.4 is 5.32 Å². The van der Waals surface area contributed by atoms with E-state index in [2.05, 4.69) is 15.3 Å². The second-order valence-corrected chi connectivity index (χ2v) is 4.39. The average Bonchev–Trinajstić information content (AvgIpc) is 2.48. The molecule has 1 fully saturated rings. The summed E-state index contributed by atoms with van der Waals surface area (Å²) < 4.78 is 18.6. The van der Waals surface area contributed by atoms with Crippen molar-refractivity contribution in [2.75, 3.05) is 19.8 Å². The fourth-order valence-corrected chi connectivity index (χ4v) is 2.08. The predicted molar refractivity (Wildman–Crippen MR) is 69.0 cm³/mol. The lowest BCUT2D eigenvalue weighted by Gasteiger charge is -2.22. The Hall–Kier alpha value is -1.85. The zero-order valence-corrected chi connectivity index (χ0v) is 10.3. The highest BCUT2D eigenvalue weighted by atomic mass is 19.1. The van der Waals surface area contributed by atoms with E-state index in [-0.39, 0.29) is 11.9 Å². The number of nitrogens with one attached hydrogen (secondary N) is 1. The van der Waals surface area contributed by atoms with Gasteiger partial charge in [-0.25, -0.2) is 14.4 Å². The molecule has 3 rings (SSSR count). The van der Waals surface area contributed by atoms with E-state index in [0.717, 1.165) is 17.8 Å². The lowest BCUT2D eigenvalue weighted by atomic mass is 10.1. The standard InChI is InChI=1S/C14H14FN3O/c15-11-3-1-2-10(8-11)12-4-5-17-14(18-12)13-9-19-7-6-16-13/h1-5,8,13,16H,6-7,9H2. The number of rotatable bonds is 2. The van der Waals surface area contributed by atoms with E-state index in [1.807, 2.05) is 6.07 Å². The molecule has 19 heavy (non-hydrogen) atoms. The van der Waals surface area contributed by atoms with E-state index >= 15 is 0 Å². The first-order valence-corrected chi connectivity index (χ1v) is 6.23. The summed E-state index contributed by atoms with van der Waals surface area (Å²) in [5.41, 5.74) is 1.47. The molecule has 0 saturated carbocycles. The second-order valence-electron chi connectivity index (χ2n) is 4.39. The zero-order chi connectivity index (χ0) is 13.1. The molecule has 0 bridgehead atoms. The lowest BCUT2D eigenvalue weighted by Crippen LogP contribution is -2.35. The molecule has 1 aliphatic heterocycles. The monoisotopic (exact) mass is 259 g/mol. The van der Waals surface area contributed by atoms with Crippen LogP contribution in [0.1, 0.15) is 11.9 Å². The molecule has 98 valence electrons. The molecule has 1 unspecified atom stereocenters. The van der Waals surface area contributed by atoms with Gasteiger partial charge in [0.1, 0.15) is 11.6 Å². The second kappa shape index (κ2) is 5.42. The molecular formula is C14H14FN3O. The Bertz CT molecular complexity index is 570. The van der Waals surface area contributed by atoms with Crippen LogP contribution in [0, 0.1) is 5.82 Å². The van der Waals surface area contributed by atoms with Crippen LogP contribution >= 0.6 is 0 Å². The van der Waals surface area contributed by atoms with Crippen LogP contribution in [0.3, 0.4) is 0 Å². The van der Waals surface area contributed by atoms with Crippen molar-refractivity contribution in [2.24, 2.45) is 0 Å². The summed E-state index contributed by atoms with van der Waals surface area (Å²) in [6, 6.07) is 8.18. The first kappa shape index (κ1) is 12.2. The molecule has 0 amide bonds. The van der Waals surface area contributed by atoms with Crippen LogP contribution in [0.4, 0.5) is 4.39 Å². The Morgan fingerprint density at radius 3 is 3.05 bits per heavy atom. The normalized spacial score (nSPS) is 19.3. The van der Waals surface area contributed by atoms with Gasteiger partial charge in [0.2, 0.25) is 0 Å². The number of hydrogen-bond donors (Lipinski definition) is 1. The molecule has 1 saturated heterocycles. The van der Waals surface area contributed by atoms with Gasteiger partial charge < -0.3 is 10.1 Å². The molecule has 0 aliphatic carbocycles. The molecule has 2 heterocycles. The molecule has 5 heteroatoms. The molecule has 1 aromatic carbocycles. The summed E-state index contributed by atoms with van der Waals surface area (Å²) in [5.74, 6) is 0.415. The molecule has 2 aromatic rings. The molecule has 0 radical (unpaired) electrons. The summed E-state index contributed by atoms with van der Waals surface area (Å²) in [7, 11) is 0. The van der Waals surface area contributed by atoms with Gasteiger partial charge in [0.25, 0.3) is 0 Å². The first-order chi connectivity index (χ1) is 9.33. The number of benzene rings is 1. The highest BCUT2D eigenvalue weighted by Gasteiger charge is 2.18. The number of nitrogens with zero attached hydrogens (tertiary/aromatic N) is 2. The van der Waals surface area contributed by atoms with Gasteiger partial charge in [0.05, 0.1) is 24.9 Å². The Kier molecular flexibility index (Phi) is 3.48. The van der Waals surface area contributed by atoms with Gasteiger partial charge in [-0.1, -0.05) is 12.1 Å². The van der Waals surface area contributed by atoms with Crippen molar-refractivity contribution >= 4 is 0 Å². The Morgan fingerprint density at radius 2 is 2.26 bits per heavy atom. The van der Waals surface area contributed by atoms with E-state index in [4.69, 9.17) is 4.74 Å². The van der Waals surface area contributed by atoms with Gasteiger partial charge in [-0.3, -0.25) is 0 Å². The minimum Gasteiger partial charge on any atom is -0.378 e. The van der Waals surface area contributed by atoms with Gasteiger partial charge in [-0.15, -0.1) is 0 Å². The molecular weight excluding hydrogens is 245 g/mol. The summed E-state index contributed by atoms with van der Waals surface area (Å²) >= 11 is 0. The number of morpholine rings is 1. The molecule has 1 atom stereocenters. The van der Waals surface area contributed by atoms with Gasteiger partial charge in [-0.05, 0) is 18.2 Å². The van der Waals surface area contributed by atoms with Crippen LogP contribution in [0.2, 0.25) is 0 Å². The van der Waals surface area contributed by atoms with Crippen molar-refractivity contribution in [1.29, 1.82) is 0 Å². The number of aromatic nitrogens is 2. The van der Waals surface area contributed by atoms with E-state index in [1.165, 1.54) is 12.1 Å². The molecule has 1 aromatic heterocycles. The third-order valence-electron chi connectivity index (χ3n) is 3.03. The van der Waals surface area contributed by atoms with E-state index < -0.39 is 0 Å². The maximum Gasteiger partial charge on any atom is 0.148 e. The summed E-state index contributed by atoms with van der Waals surface area (Å²) in [6.07, 6.45) is 1.69. The number of ether oxygens (including phenoxy) is 1. The van der Waals surface area contributed by atoms with Crippen LogP contribution in [-0.2, 0) is 4.74 Å². The van der Waals surface area contributed by atoms with E-state index in [1.54, 1.807) is 18.3 Å². The van der Waals surface area contributed by atoms with E-state index in [0.29, 0.717) is 19.0 Å². The summed E-state index contributed by atoms with van der Waals surface area (Å²) in [5, 5.41) is 3.30. The lowest BCUT2D eigenvalue weighted by molar-refractivity contribution is 0.0742. The summed E-state index contributed by atoms with van der Waals surface area (Å²) in [4.78, 5) is 8.75. The fraction of sp³-hybridized carbons (Fsp3) is 0.286. The molecule has 1 N–H and O–H groups in total. The van der Waals surface area contributed by atoms with E-state index in [9.17, 15) is 4.39 Å². The molecule has 4 nitrogen and oxygen atoms in total. The van der Waals surface area contributed by atoms with Crippen molar-refractivity contribution in [3.8, 4) is 11.3 Å². The van der Waals surface area contributed by atoms with Crippen LogP contribution in [0.15, 0.2) is 36.5 Å². The average molecular weight is 259 g/mol. The Labute approximate surface area is 110 Å². The van der Waals surface area contributed by atoms with Gasteiger partial charge in [0, 0.05) is 18.3 Å². The van der Waals surface area contributed by atoms with Gasteiger partial charge in [0.15, 0.2) is 0 Å². The fourth-order valence-electron chi connectivity index (χ4n) is 2.08. The van der Waals surface area contributed by atoms with Crippen molar-refractivity contribution < 1.29 is 9.13 Å². The third kappa shape index (κ3) is 2.77. The van der Waals surface area contributed by atoms with Gasteiger partial charge in [-0.2, -0.15) is 0 Å². The minimum atomic E-state index is -0.267. The number of halogens is 1. The predicted octanol–water partition coefficient (Wildman–Crippen LogP) is 1.94. The molecule has 0 spiro atoms. The van der Waals surface area contributed by atoms with Crippen molar-refractivity contribution in [3.63, 3.8) is 0 Å². The maximum atomic E-state index is 13.2. The van der Waals surface area contributed by atoms with Crippen LogP contribution in [0.5, 0.6) is 0 Å². The third-order valence-corrected chi connectivity index (χ3v) is 3.03. The van der Waals surface area contributed by atoms with Crippen molar-refractivity contribution in [2.45, 2.75) is 6.04 Å². The first-order valence-electron chi connectivity index (χ1n) is 6.23. The highest BCUT2D eigenvalue weighted by Crippen LogP contribution is 2.19. The Balaban J connectivity index is 1.91. The molecule has 1 aliphatic rings. The van der Waals surface area contributed by atoms with Gasteiger partial charge >= 0.3 is 0 Å². The SMILES string of the molecule is Fc1cccc(-c2ccnc(C3COCCN3)n2)c1. The minimum absolute atomic E-state index is 0.00209. The maximum absolute atomic E-state index is 13.2. The largest absolute Gasteiger partial charge is 0.378 e. The van der Waals surface area contributed by atoms with Crippen molar-refractivity contribution in [3.05, 3.63) is 48.2 Å². The quantitative estimate of drug-likeness (QED) is 0.895. The van der Waals surface area contributed by atoms with Crippen LogP contribution in [0.25, 0.3) is 11.3 Å². The summed E-state index contributed by atoms with van der Waals surface area (Å²) in [6.45, 7) is 2.06. The Morgan fingerprint density at radius 1 is 1.32 bits per heavy atom. The smallest absolute Gasteiger partial charge is 0.148 e.